The molecule has 8 heteroatoms. The molecule has 0 radical (unpaired) electrons. The zero-order valence-corrected chi connectivity index (χ0v) is 14.0. The molecule has 0 amide bonds. The Bertz CT molecular complexity index is 938. The molecule has 0 bridgehead atoms. The van der Waals surface area contributed by atoms with E-state index in [1.54, 1.807) is 24.3 Å². The fraction of sp³-hybridized carbons (Fsp3) is 0.222. The van der Waals surface area contributed by atoms with Crippen LogP contribution >= 0.6 is 0 Å². The Balaban J connectivity index is 1.55. The van der Waals surface area contributed by atoms with Crippen LogP contribution in [0.3, 0.4) is 0 Å². The molecule has 2 aromatic heterocycles. The van der Waals surface area contributed by atoms with Crippen LogP contribution in [0.4, 0.5) is 10.2 Å². The molecular formula is C18H15FN4O3. The number of rotatable bonds is 3. The Morgan fingerprint density at radius 3 is 2.69 bits per heavy atom. The van der Waals surface area contributed by atoms with Crippen LogP contribution in [0.1, 0.15) is 21.7 Å². The number of carbonyl (C=O) groups is 1. The minimum atomic E-state index is -0.523. The van der Waals surface area contributed by atoms with E-state index < -0.39 is 5.97 Å². The summed E-state index contributed by atoms with van der Waals surface area (Å²) in [4.78, 5) is 13.4. The van der Waals surface area contributed by atoms with Crippen LogP contribution in [0, 0.1) is 5.82 Å². The highest BCUT2D eigenvalue weighted by Crippen LogP contribution is 2.31. The number of methoxy groups -OCH3 is 1. The van der Waals surface area contributed by atoms with Crippen LogP contribution in [-0.2, 0) is 17.7 Å². The SMILES string of the molecule is COC(=O)c1ccc(N2CCc3c(noc3-c3ccc(F)cc3)C2)nn1. The lowest BCUT2D eigenvalue weighted by Gasteiger charge is -2.26. The summed E-state index contributed by atoms with van der Waals surface area (Å²) in [7, 11) is 1.30. The van der Waals surface area contributed by atoms with Gasteiger partial charge in [0.25, 0.3) is 0 Å². The fourth-order valence-corrected chi connectivity index (χ4v) is 2.96. The molecule has 0 aliphatic carbocycles. The summed E-state index contributed by atoms with van der Waals surface area (Å²) in [6.45, 7) is 1.22. The van der Waals surface area contributed by atoms with E-state index in [1.807, 2.05) is 4.90 Å². The average molecular weight is 354 g/mol. The molecule has 0 saturated heterocycles. The van der Waals surface area contributed by atoms with Crippen molar-refractivity contribution in [1.82, 2.24) is 15.4 Å². The van der Waals surface area contributed by atoms with Crippen molar-refractivity contribution in [2.75, 3.05) is 18.6 Å². The van der Waals surface area contributed by atoms with Gasteiger partial charge in [-0.25, -0.2) is 9.18 Å². The predicted octanol–water partition coefficient (Wildman–Crippen LogP) is 2.62. The molecule has 26 heavy (non-hydrogen) atoms. The summed E-state index contributed by atoms with van der Waals surface area (Å²) in [6.07, 6.45) is 0.714. The second kappa shape index (κ2) is 6.55. The summed E-state index contributed by atoms with van der Waals surface area (Å²) < 4.78 is 23.2. The minimum Gasteiger partial charge on any atom is -0.464 e. The number of nitrogens with zero attached hydrogens (tertiary/aromatic N) is 4. The van der Waals surface area contributed by atoms with Gasteiger partial charge in [-0.15, -0.1) is 10.2 Å². The molecule has 4 rings (SSSR count). The first kappa shape index (κ1) is 16.2. The van der Waals surface area contributed by atoms with Crippen molar-refractivity contribution in [2.24, 2.45) is 0 Å². The van der Waals surface area contributed by atoms with Crippen molar-refractivity contribution in [2.45, 2.75) is 13.0 Å². The van der Waals surface area contributed by atoms with Gasteiger partial charge in [0.1, 0.15) is 11.5 Å². The first-order valence-electron chi connectivity index (χ1n) is 8.06. The van der Waals surface area contributed by atoms with E-state index >= 15 is 0 Å². The Kier molecular flexibility index (Phi) is 4.08. The molecule has 0 unspecified atom stereocenters. The number of fused-ring (bicyclic) bond motifs is 1. The van der Waals surface area contributed by atoms with Gasteiger partial charge in [-0.2, -0.15) is 0 Å². The second-order valence-corrected chi connectivity index (χ2v) is 5.88. The molecular weight excluding hydrogens is 339 g/mol. The standard InChI is InChI=1S/C18H15FN4O3/c1-25-18(24)14-6-7-16(21-20-14)23-9-8-13-15(10-23)22-26-17(13)11-2-4-12(19)5-3-11/h2-7H,8-10H2,1H3. The van der Waals surface area contributed by atoms with Gasteiger partial charge in [-0.05, 0) is 42.8 Å². The molecule has 0 fully saturated rings. The van der Waals surface area contributed by atoms with Gasteiger partial charge < -0.3 is 14.2 Å². The Hall–Kier alpha value is -3.29. The van der Waals surface area contributed by atoms with Gasteiger partial charge >= 0.3 is 5.97 Å². The molecule has 1 aliphatic rings. The first-order valence-corrected chi connectivity index (χ1v) is 8.06. The maximum absolute atomic E-state index is 13.1. The van der Waals surface area contributed by atoms with E-state index in [0.717, 1.165) is 16.8 Å². The largest absolute Gasteiger partial charge is 0.464 e. The maximum atomic E-state index is 13.1. The van der Waals surface area contributed by atoms with E-state index in [-0.39, 0.29) is 11.5 Å². The van der Waals surface area contributed by atoms with Crippen molar-refractivity contribution in [3.63, 3.8) is 0 Å². The van der Waals surface area contributed by atoms with Crippen LogP contribution < -0.4 is 4.90 Å². The lowest BCUT2D eigenvalue weighted by Crippen LogP contribution is -2.31. The monoisotopic (exact) mass is 354 g/mol. The van der Waals surface area contributed by atoms with Crippen molar-refractivity contribution in [3.05, 3.63) is 59.2 Å². The number of anilines is 1. The van der Waals surface area contributed by atoms with E-state index in [2.05, 4.69) is 20.1 Å². The molecule has 132 valence electrons. The van der Waals surface area contributed by atoms with E-state index in [9.17, 15) is 9.18 Å². The normalized spacial score (nSPS) is 13.4. The maximum Gasteiger partial charge on any atom is 0.358 e. The molecule has 3 heterocycles. The highest BCUT2D eigenvalue weighted by Gasteiger charge is 2.25. The van der Waals surface area contributed by atoms with Crippen LogP contribution in [0.2, 0.25) is 0 Å². The van der Waals surface area contributed by atoms with Crippen LogP contribution in [0.25, 0.3) is 11.3 Å². The van der Waals surface area contributed by atoms with E-state index in [0.29, 0.717) is 31.1 Å². The van der Waals surface area contributed by atoms with Crippen LogP contribution in [0.15, 0.2) is 40.9 Å². The average Bonchev–Trinajstić information content (AvgIpc) is 3.11. The summed E-state index contributed by atoms with van der Waals surface area (Å²) >= 11 is 0. The number of benzene rings is 1. The molecule has 0 N–H and O–H groups in total. The minimum absolute atomic E-state index is 0.161. The Morgan fingerprint density at radius 2 is 2.00 bits per heavy atom. The third-order valence-corrected chi connectivity index (χ3v) is 4.32. The molecule has 3 aromatic rings. The predicted molar refractivity (Wildman–Crippen MR) is 90.0 cm³/mol. The van der Waals surface area contributed by atoms with Crippen LogP contribution in [0.5, 0.6) is 0 Å². The lowest BCUT2D eigenvalue weighted by molar-refractivity contribution is 0.0592. The quantitative estimate of drug-likeness (QED) is 0.669. The molecule has 1 aliphatic heterocycles. The van der Waals surface area contributed by atoms with Crippen molar-refractivity contribution in [1.29, 1.82) is 0 Å². The third kappa shape index (κ3) is 2.90. The topological polar surface area (TPSA) is 81.4 Å². The van der Waals surface area contributed by atoms with Crippen molar-refractivity contribution >= 4 is 11.8 Å². The fourth-order valence-electron chi connectivity index (χ4n) is 2.96. The molecule has 1 aromatic carbocycles. The number of aromatic nitrogens is 3. The zero-order chi connectivity index (χ0) is 18.1. The number of hydrogen-bond acceptors (Lipinski definition) is 7. The summed E-state index contributed by atoms with van der Waals surface area (Å²) in [6, 6.07) is 9.47. The number of carbonyl (C=O) groups excluding carboxylic acids is 1. The van der Waals surface area contributed by atoms with Gasteiger partial charge in [0.15, 0.2) is 17.3 Å². The summed E-state index contributed by atoms with van der Waals surface area (Å²) in [5, 5.41) is 12.1. The van der Waals surface area contributed by atoms with Gasteiger partial charge in [0, 0.05) is 17.7 Å². The summed E-state index contributed by atoms with van der Waals surface area (Å²) in [5.41, 5.74) is 2.80. The Morgan fingerprint density at radius 1 is 1.19 bits per heavy atom. The number of ether oxygens (including phenoxy) is 1. The number of esters is 1. The highest BCUT2D eigenvalue weighted by molar-refractivity contribution is 5.87. The van der Waals surface area contributed by atoms with E-state index in [4.69, 9.17) is 4.52 Å². The Labute approximate surface area is 148 Å². The van der Waals surface area contributed by atoms with Gasteiger partial charge in [0.05, 0.1) is 13.7 Å². The number of halogens is 1. The number of hydrogen-bond donors (Lipinski definition) is 0. The van der Waals surface area contributed by atoms with E-state index in [1.165, 1.54) is 19.2 Å². The van der Waals surface area contributed by atoms with Gasteiger partial charge in [-0.1, -0.05) is 5.16 Å². The lowest BCUT2D eigenvalue weighted by atomic mass is 10.0. The summed E-state index contributed by atoms with van der Waals surface area (Å²) in [5.74, 6) is 0.508. The van der Waals surface area contributed by atoms with Crippen LogP contribution in [-0.4, -0.2) is 35.0 Å². The molecule has 7 nitrogen and oxygen atoms in total. The van der Waals surface area contributed by atoms with Gasteiger partial charge in [-0.3, -0.25) is 0 Å². The highest BCUT2D eigenvalue weighted by atomic mass is 19.1. The molecule has 0 saturated carbocycles. The van der Waals surface area contributed by atoms with Crippen molar-refractivity contribution in [3.8, 4) is 11.3 Å². The van der Waals surface area contributed by atoms with Gasteiger partial charge in [0.2, 0.25) is 0 Å². The third-order valence-electron chi connectivity index (χ3n) is 4.32. The second-order valence-electron chi connectivity index (χ2n) is 5.88. The molecule has 0 spiro atoms. The first-order chi connectivity index (χ1) is 12.7. The smallest absolute Gasteiger partial charge is 0.358 e. The molecule has 0 atom stereocenters. The van der Waals surface area contributed by atoms with Crippen molar-refractivity contribution < 1.29 is 18.4 Å². The zero-order valence-electron chi connectivity index (χ0n) is 14.0.